The van der Waals surface area contributed by atoms with E-state index >= 15 is 0 Å². The average molecular weight is 323 g/mol. The van der Waals surface area contributed by atoms with E-state index in [0.717, 1.165) is 31.4 Å². The summed E-state index contributed by atoms with van der Waals surface area (Å²) in [4.78, 5) is 17.6. The van der Waals surface area contributed by atoms with Crippen molar-refractivity contribution in [1.29, 1.82) is 0 Å². The molecule has 0 amide bonds. The number of carbonyl (C=O) groups excluding carboxylic acids is 1. The van der Waals surface area contributed by atoms with Gasteiger partial charge < -0.3 is 9.94 Å². The van der Waals surface area contributed by atoms with Crippen LogP contribution in [0.1, 0.15) is 52.4 Å². The van der Waals surface area contributed by atoms with Crippen LogP contribution in [-0.4, -0.2) is 34.1 Å². The number of Topliss-reactive ketones (excluding diaryl/α,β-unsaturated/α-hetero) is 1. The molecule has 4 nitrogen and oxygen atoms in total. The number of aliphatic hydroxyl groups is 1. The summed E-state index contributed by atoms with van der Waals surface area (Å²) in [7, 11) is 0. The van der Waals surface area contributed by atoms with E-state index in [2.05, 4.69) is 12.1 Å². The summed E-state index contributed by atoms with van der Waals surface area (Å²) in [5.41, 5.74) is 0.239. The molecule has 1 N–H and O–H groups in total. The Morgan fingerprint density at radius 1 is 1.55 bits per heavy atom. The Balaban J connectivity index is 2.36. The standard InChI is InChI=1S/C17H25NO3S/c1-3-8-14(18-21-4-2)16-17(20,11-7-12-22-16)13-9-5-6-10-15(13)19/h7,9,12,16,20H,3-6,8,10-11H2,1-2H3/b18-14+. The summed E-state index contributed by atoms with van der Waals surface area (Å²) < 4.78 is 0. The van der Waals surface area contributed by atoms with E-state index in [9.17, 15) is 9.90 Å². The zero-order valence-corrected chi connectivity index (χ0v) is 14.2. The molecule has 122 valence electrons. The first-order valence-electron chi connectivity index (χ1n) is 8.08. The molecule has 2 aliphatic rings. The lowest BCUT2D eigenvalue weighted by Gasteiger charge is -2.39. The second kappa shape index (κ2) is 7.97. The minimum Gasteiger partial charge on any atom is -0.396 e. The third-order valence-corrected chi connectivity index (χ3v) is 5.30. The van der Waals surface area contributed by atoms with Crippen molar-refractivity contribution in [3.8, 4) is 0 Å². The SMILES string of the molecule is CCC/C(=N\OCC)C1SC=CCC1(O)C1=CCCCC1=O. The Kier molecular flexibility index (Phi) is 6.26. The third kappa shape index (κ3) is 3.63. The molecule has 2 atom stereocenters. The Hall–Kier alpha value is -1.07. The van der Waals surface area contributed by atoms with Gasteiger partial charge in [0, 0.05) is 18.4 Å². The highest BCUT2D eigenvalue weighted by Crippen LogP contribution is 2.41. The zero-order chi connectivity index (χ0) is 16.0. The molecule has 0 radical (unpaired) electrons. The molecule has 1 aliphatic carbocycles. The normalized spacial score (nSPS) is 29.4. The Labute approximate surface area is 136 Å². The lowest BCUT2D eigenvalue weighted by Crippen LogP contribution is -2.49. The predicted molar refractivity (Wildman–Crippen MR) is 91.0 cm³/mol. The molecule has 0 aromatic rings. The number of carbonyl (C=O) groups is 1. The quantitative estimate of drug-likeness (QED) is 0.599. The summed E-state index contributed by atoms with van der Waals surface area (Å²) in [6.45, 7) is 4.47. The van der Waals surface area contributed by atoms with Crippen molar-refractivity contribution in [3.05, 3.63) is 23.1 Å². The first-order chi connectivity index (χ1) is 10.6. The van der Waals surface area contributed by atoms with Gasteiger partial charge in [0.15, 0.2) is 5.78 Å². The molecule has 0 fully saturated rings. The van der Waals surface area contributed by atoms with Crippen molar-refractivity contribution in [2.24, 2.45) is 5.16 Å². The van der Waals surface area contributed by atoms with E-state index < -0.39 is 5.60 Å². The van der Waals surface area contributed by atoms with Gasteiger partial charge in [-0.15, -0.1) is 11.8 Å². The fourth-order valence-electron chi connectivity index (χ4n) is 2.99. The van der Waals surface area contributed by atoms with Crippen LogP contribution in [0.4, 0.5) is 0 Å². The zero-order valence-electron chi connectivity index (χ0n) is 13.4. The Morgan fingerprint density at radius 2 is 2.36 bits per heavy atom. The number of hydrogen-bond acceptors (Lipinski definition) is 5. The molecule has 0 spiro atoms. The molecule has 2 unspecified atom stereocenters. The summed E-state index contributed by atoms with van der Waals surface area (Å²) in [5.74, 6) is 0.0712. The molecule has 0 saturated carbocycles. The maximum Gasteiger partial charge on any atom is 0.161 e. The lowest BCUT2D eigenvalue weighted by atomic mass is 9.78. The van der Waals surface area contributed by atoms with E-state index in [1.165, 1.54) is 11.8 Å². The number of oxime groups is 1. The van der Waals surface area contributed by atoms with E-state index in [0.29, 0.717) is 25.0 Å². The van der Waals surface area contributed by atoms with Gasteiger partial charge in [0.05, 0.1) is 11.0 Å². The van der Waals surface area contributed by atoms with Gasteiger partial charge in [0.1, 0.15) is 12.2 Å². The van der Waals surface area contributed by atoms with Gasteiger partial charge >= 0.3 is 0 Å². The highest BCUT2D eigenvalue weighted by molar-refractivity contribution is 8.03. The second-order valence-corrected chi connectivity index (χ2v) is 6.72. The predicted octanol–water partition coefficient (Wildman–Crippen LogP) is 3.61. The summed E-state index contributed by atoms with van der Waals surface area (Å²) in [5, 5.41) is 17.3. The largest absolute Gasteiger partial charge is 0.396 e. The van der Waals surface area contributed by atoms with Gasteiger partial charge in [0.25, 0.3) is 0 Å². The average Bonchev–Trinajstić information content (AvgIpc) is 2.52. The fraction of sp³-hybridized carbons (Fsp3) is 0.647. The molecular formula is C17H25NO3S. The van der Waals surface area contributed by atoms with Gasteiger partial charge in [-0.1, -0.05) is 30.7 Å². The van der Waals surface area contributed by atoms with Crippen molar-refractivity contribution < 1.29 is 14.7 Å². The number of nitrogens with zero attached hydrogens (tertiary/aromatic N) is 1. The van der Waals surface area contributed by atoms with Crippen LogP contribution in [0.5, 0.6) is 0 Å². The monoisotopic (exact) mass is 323 g/mol. The summed E-state index contributed by atoms with van der Waals surface area (Å²) in [6, 6.07) is 0. The molecule has 22 heavy (non-hydrogen) atoms. The number of ketones is 1. The van der Waals surface area contributed by atoms with Gasteiger partial charge in [-0.3, -0.25) is 4.79 Å². The van der Waals surface area contributed by atoms with Crippen LogP contribution in [0.3, 0.4) is 0 Å². The third-order valence-electron chi connectivity index (χ3n) is 4.02. The van der Waals surface area contributed by atoms with Crippen LogP contribution in [0.25, 0.3) is 0 Å². The maximum atomic E-state index is 12.3. The molecule has 0 aromatic carbocycles. The molecule has 0 aromatic heterocycles. The highest BCUT2D eigenvalue weighted by atomic mass is 32.2. The topological polar surface area (TPSA) is 58.9 Å². The van der Waals surface area contributed by atoms with Crippen LogP contribution in [0, 0.1) is 0 Å². The van der Waals surface area contributed by atoms with E-state index in [1.807, 2.05) is 24.5 Å². The van der Waals surface area contributed by atoms with E-state index in [-0.39, 0.29) is 11.0 Å². The van der Waals surface area contributed by atoms with Crippen LogP contribution in [0.2, 0.25) is 0 Å². The van der Waals surface area contributed by atoms with Crippen molar-refractivity contribution >= 4 is 23.3 Å². The second-order valence-electron chi connectivity index (χ2n) is 5.70. The molecule has 1 aliphatic heterocycles. The van der Waals surface area contributed by atoms with Gasteiger partial charge in [0.2, 0.25) is 0 Å². The first-order valence-corrected chi connectivity index (χ1v) is 9.03. The van der Waals surface area contributed by atoms with Crippen molar-refractivity contribution in [3.63, 3.8) is 0 Å². The van der Waals surface area contributed by atoms with Crippen molar-refractivity contribution in [1.82, 2.24) is 0 Å². The van der Waals surface area contributed by atoms with Gasteiger partial charge in [-0.05, 0) is 31.6 Å². The lowest BCUT2D eigenvalue weighted by molar-refractivity contribution is -0.118. The van der Waals surface area contributed by atoms with Crippen LogP contribution < -0.4 is 0 Å². The highest BCUT2D eigenvalue weighted by Gasteiger charge is 2.46. The minimum atomic E-state index is -1.16. The maximum absolute atomic E-state index is 12.3. The van der Waals surface area contributed by atoms with Gasteiger partial charge in [-0.25, -0.2) is 0 Å². The molecule has 0 saturated heterocycles. The van der Waals surface area contributed by atoms with Crippen molar-refractivity contribution in [2.75, 3.05) is 6.61 Å². The van der Waals surface area contributed by atoms with Crippen LogP contribution in [-0.2, 0) is 9.63 Å². The van der Waals surface area contributed by atoms with E-state index in [4.69, 9.17) is 4.84 Å². The summed E-state index contributed by atoms with van der Waals surface area (Å²) >= 11 is 1.53. The van der Waals surface area contributed by atoms with E-state index in [1.54, 1.807) is 0 Å². The smallest absolute Gasteiger partial charge is 0.161 e. The number of thioether (sulfide) groups is 1. The fourth-order valence-corrected chi connectivity index (χ4v) is 4.12. The Morgan fingerprint density at radius 3 is 3.05 bits per heavy atom. The van der Waals surface area contributed by atoms with Gasteiger partial charge in [-0.2, -0.15) is 0 Å². The summed E-state index contributed by atoms with van der Waals surface area (Å²) in [6.07, 6.45) is 8.26. The molecule has 0 bridgehead atoms. The minimum absolute atomic E-state index is 0.0712. The first kappa shape index (κ1) is 17.3. The molecule has 1 heterocycles. The molecule has 5 heteroatoms. The van der Waals surface area contributed by atoms with Crippen molar-refractivity contribution in [2.45, 2.75) is 63.2 Å². The Bertz CT molecular complexity index is 498. The number of allylic oxidation sites excluding steroid dienone is 1. The van der Waals surface area contributed by atoms with Crippen LogP contribution in [0.15, 0.2) is 28.3 Å². The van der Waals surface area contributed by atoms with Crippen LogP contribution >= 0.6 is 11.8 Å². The molecular weight excluding hydrogens is 298 g/mol. The number of hydrogen-bond donors (Lipinski definition) is 1. The molecule has 2 rings (SSSR count). The number of rotatable bonds is 6.